The standard InChI is InChI=1S/C20H30O2/c1-13-14-5-6-16-19(3)9-4-8-18(2,12-21)15(19)7-10-20(16,11-14)17(13)22/h14-16,21H,1,4-12H2,2-3H3/t14-,15-,16+,18+,19-,20-/m1/s1. The van der Waals surface area contributed by atoms with E-state index in [1.165, 1.54) is 19.3 Å². The molecule has 0 aliphatic heterocycles. The van der Waals surface area contributed by atoms with Crippen molar-refractivity contribution in [3.05, 3.63) is 12.2 Å². The Morgan fingerprint density at radius 2 is 1.91 bits per heavy atom. The first-order chi connectivity index (χ1) is 10.4. The Kier molecular flexibility index (Phi) is 3.03. The first kappa shape index (κ1) is 14.9. The van der Waals surface area contributed by atoms with E-state index in [1.807, 2.05) is 0 Å². The van der Waals surface area contributed by atoms with Crippen molar-refractivity contribution in [3.63, 3.8) is 0 Å². The molecule has 0 heterocycles. The number of allylic oxidation sites excluding steroid dienone is 1. The van der Waals surface area contributed by atoms with Crippen LogP contribution in [0.3, 0.4) is 0 Å². The molecule has 0 unspecified atom stereocenters. The van der Waals surface area contributed by atoms with Gasteiger partial charge in [0.25, 0.3) is 0 Å². The summed E-state index contributed by atoms with van der Waals surface area (Å²) in [6.07, 6.45) is 9.19. The van der Waals surface area contributed by atoms with Crippen LogP contribution in [0.15, 0.2) is 12.2 Å². The number of aliphatic hydroxyl groups excluding tert-OH is 1. The number of fused-ring (bicyclic) bond motifs is 3. The molecule has 1 N–H and O–H groups in total. The van der Waals surface area contributed by atoms with Crippen molar-refractivity contribution in [1.82, 2.24) is 0 Å². The van der Waals surface area contributed by atoms with Crippen molar-refractivity contribution in [2.45, 2.75) is 65.2 Å². The number of ketones is 1. The van der Waals surface area contributed by atoms with Crippen LogP contribution >= 0.6 is 0 Å². The number of carbonyl (C=O) groups is 1. The Balaban J connectivity index is 1.78. The lowest BCUT2D eigenvalue weighted by Crippen LogP contribution is -2.58. The molecule has 4 saturated carbocycles. The molecule has 0 saturated heterocycles. The lowest BCUT2D eigenvalue weighted by atomic mass is 9.41. The molecule has 4 fully saturated rings. The van der Waals surface area contributed by atoms with Crippen LogP contribution in [0.4, 0.5) is 0 Å². The molecule has 4 aliphatic carbocycles. The second-order valence-electron chi connectivity index (χ2n) is 9.30. The van der Waals surface area contributed by atoms with E-state index in [1.54, 1.807) is 0 Å². The zero-order valence-electron chi connectivity index (χ0n) is 14.2. The zero-order valence-corrected chi connectivity index (χ0v) is 14.2. The zero-order chi connectivity index (χ0) is 15.8. The van der Waals surface area contributed by atoms with Gasteiger partial charge in [0.2, 0.25) is 0 Å². The molecule has 2 nitrogen and oxygen atoms in total. The van der Waals surface area contributed by atoms with Gasteiger partial charge >= 0.3 is 0 Å². The highest BCUT2D eigenvalue weighted by Crippen LogP contribution is 2.70. The molecule has 6 atom stereocenters. The van der Waals surface area contributed by atoms with Gasteiger partial charge in [-0.3, -0.25) is 4.79 Å². The van der Waals surface area contributed by atoms with Gasteiger partial charge < -0.3 is 5.11 Å². The van der Waals surface area contributed by atoms with E-state index >= 15 is 0 Å². The maximum Gasteiger partial charge on any atom is 0.165 e. The van der Waals surface area contributed by atoms with Gasteiger partial charge in [-0.2, -0.15) is 0 Å². The van der Waals surface area contributed by atoms with Crippen LogP contribution in [0.2, 0.25) is 0 Å². The van der Waals surface area contributed by atoms with Gasteiger partial charge in [0.05, 0.1) is 0 Å². The topological polar surface area (TPSA) is 37.3 Å². The maximum absolute atomic E-state index is 13.0. The summed E-state index contributed by atoms with van der Waals surface area (Å²) < 4.78 is 0. The van der Waals surface area contributed by atoms with Crippen molar-refractivity contribution in [2.75, 3.05) is 6.61 Å². The fraction of sp³-hybridized carbons (Fsp3) is 0.850. The second kappa shape index (κ2) is 4.47. The van der Waals surface area contributed by atoms with Gasteiger partial charge in [-0.15, -0.1) is 0 Å². The van der Waals surface area contributed by atoms with E-state index in [0.29, 0.717) is 30.1 Å². The smallest absolute Gasteiger partial charge is 0.165 e. The quantitative estimate of drug-likeness (QED) is 0.740. The van der Waals surface area contributed by atoms with Crippen molar-refractivity contribution >= 4 is 5.78 Å². The molecule has 0 aromatic heterocycles. The molecule has 4 aliphatic rings. The summed E-state index contributed by atoms with van der Waals surface area (Å²) in [4.78, 5) is 13.0. The fourth-order valence-corrected chi connectivity index (χ4v) is 7.44. The fourth-order valence-electron chi connectivity index (χ4n) is 7.44. The van der Waals surface area contributed by atoms with Crippen molar-refractivity contribution in [1.29, 1.82) is 0 Å². The van der Waals surface area contributed by atoms with E-state index in [9.17, 15) is 9.90 Å². The Morgan fingerprint density at radius 1 is 1.14 bits per heavy atom. The summed E-state index contributed by atoms with van der Waals surface area (Å²) in [5.74, 6) is 1.98. The van der Waals surface area contributed by atoms with Crippen molar-refractivity contribution in [3.8, 4) is 0 Å². The third-order valence-electron chi connectivity index (χ3n) is 8.46. The second-order valence-corrected chi connectivity index (χ2v) is 9.30. The summed E-state index contributed by atoms with van der Waals surface area (Å²) in [7, 11) is 0. The highest BCUT2D eigenvalue weighted by atomic mass is 16.3. The largest absolute Gasteiger partial charge is 0.396 e. The Labute approximate surface area is 134 Å². The number of aliphatic hydroxyl groups is 1. The van der Waals surface area contributed by atoms with Crippen LogP contribution in [-0.4, -0.2) is 17.5 Å². The van der Waals surface area contributed by atoms with Gasteiger partial charge in [0.15, 0.2) is 5.78 Å². The summed E-state index contributed by atoms with van der Waals surface area (Å²) in [5, 5.41) is 10.0. The maximum atomic E-state index is 13.0. The minimum Gasteiger partial charge on any atom is -0.396 e. The molecule has 2 bridgehead atoms. The lowest BCUT2D eigenvalue weighted by Gasteiger charge is -2.63. The van der Waals surface area contributed by atoms with Crippen LogP contribution in [0.25, 0.3) is 0 Å². The summed E-state index contributed by atoms with van der Waals surface area (Å²) in [6.45, 7) is 9.18. The predicted octanol–water partition coefficient (Wildman–Crippen LogP) is 4.13. The van der Waals surface area contributed by atoms with Crippen LogP contribution in [0.1, 0.15) is 65.2 Å². The summed E-state index contributed by atoms with van der Waals surface area (Å²) >= 11 is 0. The lowest BCUT2D eigenvalue weighted by molar-refractivity contribution is -0.168. The SMILES string of the molecule is C=C1C(=O)[C@@]23CC[C@@H]4[C@](C)(CO)CCC[C@@]4(C)[C@@H]2CC[C@@H]1C3. The molecule has 0 aromatic carbocycles. The minimum absolute atomic E-state index is 0.0596. The van der Waals surface area contributed by atoms with Gasteiger partial charge in [0, 0.05) is 12.0 Å². The number of Topliss-reactive ketones (excluding diaryl/α,β-unsaturated/α-hetero) is 1. The normalized spacial score (nSPS) is 54.0. The highest BCUT2D eigenvalue weighted by molar-refractivity contribution is 6.03. The van der Waals surface area contributed by atoms with Gasteiger partial charge in [0.1, 0.15) is 0 Å². The molecule has 122 valence electrons. The average Bonchev–Trinajstić information content (AvgIpc) is 2.68. The molecule has 2 heteroatoms. The van der Waals surface area contributed by atoms with Gasteiger partial charge in [-0.25, -0.2) is 0 Å². The van der Waals surface area contributed by atoms with Crippen molar-refractivity contribution in [2.24, 2.45) is 34.0 Å². The minimum atomic E-state index is -0.0844. The van der Waals surface area contributed by atoms with Crippen molar-refractivity contribution < 1.29 is 9.90 Å². The molecule has 22 heavy (non-hydrogen) atoms. The van der Waals surface area contributed by atoms with E-state index in [0.717, 1.165) is 37.7 Å². The number of hydrogen-bond acceptors (Lipinski definition) is 2. The molecule has 4 rings (SSSR count). The monoisotopic (exact) mass is 302 g/mol. The number of rotatable bonds is 1. The van der Waals surface area contributed by atoms with E-state index in [4.69, 9.17) is 0 Å². The number of hydrogen-bond donors (Lipinski definition) is 1. The predicted molar refractivity (Wildman–Crippen MR) is 87.3 cm³/mol. The Morgan fingerprint density at radius 3 is 2.64 bits per heavy atom. The molecular formula is C20H30O2. The van der Waals surface area contributed by atoms with Gasteiger partial charge in [-0.1, -0.05) is 26.8 Å². The average molecular weight is 302 g/mol. The molecular weight excluding hydrogens is 272 g/mol. The summed E-state index contributed by atoms with van der Waals surface area (Å²) in [5.41, 5.74) is 1.15. The van der Waals surface area contributed by atoms with Crippen LogP contribution < -0.4 is 0 Å². The highest BCUT2D eigenvalue weighted by Gasteiger charge is 2.66. The van der Waals surface area contributed by atoms with Crippen LogP contribution in [0.5, 0.6) is 0 Å². The van der Waals surface area contributed by atoms with Crippen LogP contribution in [-0.2, 0) is 4.79 Å². The van der Waals surface area contributed by atoms with E-state index < -0.39 is 0 Å². The number of carbonyl (C=O) groups excluding carboxylic acids is 1. The third kappa shape index (κ3) is 1.58. The van der Waals surface area contributed by atoms with E-state index in [-0.39, 0.29) is 16.2 Å². The molecule has 1 spiro atoms. The third-order valence-corrected chi connectivity index (χ3v) is 8.46. The Hall–Kier alpha value is -0.630. The van der Waals surface area contributed by atoms with Crippen LogP contribution in [0, 0.1) is 34.0 Å². The summed E-state index contributed by atoms with van der Waals surface area (Å²) in [6, 6.07) is 0. The van der Waals surface area contributed by atoms with E-state index in [2.05, 4.69) is 20.4 Å². The molecule has 0 radical (unpaired) electrons. The molecule has 0 amide bonds. The van der Waals surface area contributed by atoms with Gasteiger partial charge in [-0.05, 0) is 79.1 Å². The Bertz CT molecular complexity index is 538. The molecule has 0 aromatic rings. The first-order valence-electron chi connectivity index (χ1n) is 9.22. The first-order valence-corrected chi connectivity index (χ1v) is 9.22.